The van der Waals surface area contributed by atoms with Crippen molar-refractivity contribution in [2.75, 3.05) is 39.6 Å². The highest BCUT2D eigenvalue weighted by Gasteiger charge is 2.32. The minimum absolute atomic E-state index is 0.0130. The molecule has 0 aliphatic heterocycles. The number of hydrogen-bond acceptors (Lipinski definition) is 10. The van der Waals surface area contributed by atoms with Crippen molar-refractivity contribution in [1.29, 1.82) is 5.26 Å². The largest absolute Gasteiger partial charge is 0.474 e. The van der Waals surface area contributed by atoms with Crippen molar-refractivity contribution in [3.8, 4) is 6.07 Å². The predicted molar refractivity (Wildman–Crippen MR) is 107 cm³/mol. The van der Waals surface area contributed by atoms with E-state index in [-0.39, 0.29) is 70.7 Å². The molecule has 1 atom stereocenters. The van der Waals surface area contributed by atoms with E-state index < -0.39 is 13.2 Å². The molecule has 11 heteroatoms. The van der Waals surface area contributed by atoms with E-state index >= 15 is 0 Å². The average molecular weight is 451 g/mol. The highest BCUT2D eigenvalue weighted by atomic mass is 31.2. The quantitative estimate of drug-likeness (QED) is 0.170. The second kappa shape index (κ2) is 16.4. The highest BCUT2D eigenvalue weighted by molar-refractivity contribution is 7.48. The topological polar surface area (TPSA) is 152 Å². The summed E-state index contributed by atoms with van der Waals surface area (Å²) < 4.78 is 33.3. The summed E-state index contributed by atoms with van der Waals surface area (Å²) in [6.07, 6.45) is 3.00. The van der Waals surface area contributed by atoms with E-state index in [0.29, 0.717) is 12.8 Å². The number of phosphoric acid groups is 1. The van der Waals surface area contributed by atoms with Crippen LogP contribution in [0.3, 0.4) is 0 Å². The molecule has 0 heterocycles. The van der Waals surface area contributed by atoms with E-state index in [0.717, 1.165) is 12.8 Å². The van der Waals surface area contributed by atoms with Crippen LogP contribution in [0.15, 0.2) is 0 Å². The summed E-state index contributed by atoms with van der Waals surface area (Å²) in [5, 5.41) is 27.2. The van der Waals surface area contributed by atoms with Gasteiger partial charge < -0.3 is 19.7 Å². The smallest absolute Gasteiger partial charge is 0.466 e. The average Bonchev–Trinajstić information content (AvgIpc) is 2.72. The molecule has 0 fully saturated rings. The lowest BCUT2D eigenvalue weighted by atomic mass is 9.95. The number of esters is 1. The minimum atomic E-state index is -3.93. The summed E-state index contributed by atoms with van der Waals surface area (Å²) in [5.74, 6) is -0.443. The molecule has 0 saturated carbocycles. The number of Topliss-reactive ketones (excluding diaryl/α,β-unsaturated/α-hetero) is 1. The first-order chi connectivity index (χ1) is 14.2. The van der Waals surface area contributed by atoms with Gasteiger partial charge in [0.25, 0.3) is 0 Å². The molecule has 0 saturated heterocycles. The third-order valence-corrected chi connectivity index (χ3v) is 5.47. The molecule has 174 valence electrons. The van der Waals surface area contributed by atoms with Crippen LogP contribution in [0.2, 0.25) is 0 Å². The van der Waals surface area contributed by atoms with Gasteiger partial charge in [0.1, 0.15) is 5.78 Å². The fourth-order valence-corrected chi connectivity index (χ4v) is 3.32. The Labute approximate surface area is 178 Å². The van der Waals surface area contributed by atoms with Crippen LogP contribution in [0.5, 0.6) is 0 Å². The van der Waals surface area contributed by atoms with Gasteiger partial charge in [0.05, 0.1) is 58.6 Å². The van der Waals surface area contributed by atoms with Crippen molar-refractivity contribution in [3.63, 3.8) is 0 Å². The standard InChI is InChI=1S/C19H34NO9P/c1-17(23)8-9-18(24)26-11-5-3-4-6-12-27-30(25,28-13-7-10-20)29-16-19(2,14-21)15-22/h21-22H,3-9,11-16H2,1-2H3. The maximum absolute atomic E-state index is 12.7. The van der Waals surface area contributed by atoms with Crippen molar-refractivity contribution >= 4 is 19.6 Å². The molecule has 0 rings (SSSR count). The Morgan fingerprint density at radius 2 is 1.57 bits per heavy atom. The number of unbranched alkanes of at least 4 members (excludes halogenated alkanes) is 3. The van der Waals surface area contributed by atoms with Crippen LogP contribution in [-0.2, 0) is 32.5 Å². The van der Waals surface area contributed by atoms with Crippen molar-refractivity contribution in [2.45, 2.75) is 58.8 Å². The molecule has 0 aliphatic rings. The Hall–Kier alpha value is -1.34. The van der Waals surface area contributed by atoms with Crippen molar-refractivity contribution in [1.82, 2.24) is 0 Å². The number of carbonyl (C=O) groups excluding carboxylic acids is 2. The molecule has 0 aromatic heterocycles. The summed E-state index contributed by atoms with van der Waals surface area (Å²) in [5.41, 5.74) is -1.00. The number of carbonyl (C=O) groups is 2. The van der Waals surface area contributed by atoms with Gasteiger partial charge in [-0.3, -0.25) is 18.4 Å². The molecule has 10 nitrogen and oxygen atoms in total. The van der Waals surface area contributed by atoms with E-state index in [1.807, 2.05) is 6.07 Å². The fourth-order valence-electron chi connectivity index (χ4n) is 1.96. The van der Waals surface area contributed by atoms with Gasteiger partial charge in [-0.15, -0.1) is 0 Å². The van der Waals surface area contributed by atoms with Gasteiger partial charge in [-0.25, -0.2) is 4.57 Å². The summed E-state index contributed by atoms with van der Waals surface area (Å²) in [4.78, 5) is 22.2. The van der Waals surface area contributed by atoms with Crippen molar-refractivity contribution in [2.24, 2.45) is 5.41 Å². The van der Waals surface area contributed by atoms with Crippen molar-refractivity contribution in [3.05, 3.63) is 0 Å². The minimum Gasteiger partial charge on any atom is -0.466 e. The van der Waals surface area contributed by atoms with Gasteiger partial charge in [-0.2, -0.15) is 5.26 Å². The lowest BCUT2D eigenvalue weighted by molar-refractivity contribution is -0.144. The molecule has 0 aliphatic carbocycles. The normalized spacial score (nSPS) is 13.4. The van der Waals surface area contributed by atoms with Crippen LogP contribution in [0.1, 0.15) is 58.8 Å². The van der Waals surface area contributed by atoms with E-state index in [9.17, 15) is 24.4 Å². The van der Waals surface area contributed by atoms with Gasteiger partial charge in [0.15, 0.2) is 0 Å². The summed E-state index contributed by atoms with van der Waals surface area (Å²) in [6, 6.07) is 1.86. The van der Waals surface area contributed by atoms with Crippen LogP contribution < -0.4 is 0 Å². The molecule has 0 amide bonds. The number of aliphatic hydroxyl groups is 2. The number of hydrogen-bond donors (Lipinski definition) is 2. The molecule has 2 N–H and O–H groups in total. The Morgan fingerprint density at radius 1 is 0.967 bits per heavy atom. The number of ketones is 1. The molecule has 0 aromatic rings. The van der Waals surface area contributed by atoms with Crippen LogP contribution in [0, 0.1) is 16.7 Å². The van der Waals surface area contributed by atoms with Crippen molar-refractivity contribution < 1.29 is 42.7 Å². The first kappa shape index (κ1) is 28.7. The maximum atomic E-state index is 12.7. The molecule has 0 spiro atoms. The van der Waals surface area contributed by atoms with Crippen LogP contribution in [0.25, 0.3) is 0 Å². The fraction of sp³-hybridized carbons (Fsp3) is 0.842. The molecule has 0 aromatic carbocycles. The van der Waals surface area contributed by atoms with Gasteiger partial charge in [-0.05, 0) is 26.2 Å². The van der Waals surface area contributed by atoms with Crippen LogP contribution >= 0.6 is 7.82 Å². The van der Waals surface area contributed by atoms with Gasteiger partial charge in [-0.1, -0.05) is 13.3 Å². The number of ether oxygens (including phenoxy) is 1. The summed E-state index contributed by atoms with van der Waals surface area (Å²) >= 11 is 0. The zero-order chi connectivity index (χ0) is 22.9. The lowest BCUT2D eigenvalue weighted by Crippen LogP contribution is -2.31. The van der Waals surface area contributed by atoms with E-state index in [2.05, 4.69) is 0 Å². The van der Waals surface area contributed by atoms with Crippen LogP contribution in [-0.4, -0.2) is 61.6 Å². The molecule has 30 heavy (non-hydrogen) atoms. The molecular formula is C19H34NO9P. The monoisotopic (exact) mass is 451 g/mol. The Bertz CT molecular complexity index is 587. The van der Waals surface area contributed by atoms with E-state index in [1.165, 1.54) is 6.92 Å². The predicted octanol–water partition coefficient (Wildman–Crippen LogP) is 2.52. The maximum Gasteiger partial charge on any atom is 0.474 e. The van der Waals surface area contributed by atoms with Crippen LogP contribution in [0.4, 0.5) is 0 Å². The first-order valence-corrected chi connectivity index (χ1v) is 11.4. The molecule has 0 bridgehead atoms. The zero-order valence-corrected chi connectivity index (χ0v) is 18.7. The third kappa shape index (κ3) is 14.6. The molecule has 0 radical (unpaired) electrons. The highest BCUT2D eigenvalue weighted by Crippen LogP contribution is 2.50. The second-order valence-corrected chi connectivity index (χ2v) is 8.93. The number of nitrogens with zero attached hydrogens (tertiary/aromatic N) is 1. The third-order valence-electron chi connectivity index (χ3n) is 4.03. The van der Waals surface area contributed by atoms with E-state index in [1.54, 1.807) is 6.92 Å². The van der Waals surface area contributed by atoms with E-state index in [4.69, 9.17) is 23.6 Å². The zero-order valence-electron chi connectivity index (χ0n) is 17.8. The van der Waals surface area contributed by atoms with Gasteiger partial charge >= 0.3 is 13.8 Å². The second-order valence-electron chi connectivity index (χ2n) is 7.26. The molecule has 1 unspecified atom stereocenters. The molecular weight excluding hydrogens is 417 g/mol. The Balaban J connectivity index is 4.15. The number of nitriles is 1. The van der Waals surface area contributed by atoms with Gasteiger partial charge in [0.2, 0.25) is 0 Å². The number of phosphoric ester groups is 1. The lowest BCUT2D eigenvalue weighted by Gasteiger charge is -2.26. The SMILES string of the molecule is CC(=O)CCC(=O)OCCCCCCOP(=O)(OCCC#N)OCC(C)(CO)CO. The number of aliphatic hydroxyl groups excluding tert-OH is 2. The Kier molecular flexibility index (Phi) is 15.6. The number of rotatable bonds is 19. The summed E-state index contributed by atoms with van der Waals surface area (Å²) in [6.45, 7) is 2.23. The van der Waals surface area contributed by atoms with Gasteiger partial charge in [0, 0.05) is 11.8 Å². The first-order valence-electron chi connectivity index (χ1n) is 9.97. The Morgan fingerprint density at radius 3 is 2.13 bits per heavy atom. The summed E-state index contributed by atoms with van der Waals surface area (Å²) in [7, 11) is -3.93.